The minimum atomic E-state index is -0.289. The molecule has 0 aromatic heterocycles. The van der Waals surface area contributed by atoms with E-state index in [2.05, 4.69) is 6.07 Å². The zero-order valence-corrected chi connectivity index (χ0v) is 9.69. The molecule has 1 aliphatic carbocycles. The van der Waals surface area contributed by atoms with Gasteiger partial charge in [0.05, 0.1) is 18.1 Å². The van der Waals surface area contributed by atoms with Gasteiger partial charge in [0.1, 0.15) is 6.10 Å². The molecule has 1 aromatic carbocycles. The fourth-order valence-corrected chi connectivity index (χ4v) is 2.18. The van der Waals surface area contributed by atoms with E-state index in [9.17, 15) is 4.79 Å². The molecular weight excluding hydrogens is 214 g/mol. The largest absolute Gasteiger partial charge is 0.459 e. The highest BCUT2D eigenvalue weighted by Crippen LogP contribution is 2.22. The molecule has 17 heavy (non-hydrogen) atoms. The van der Waals surface area contributed by atoms with E-state index >= 15 is 0 Å². The first kappa shape index (κ1) is 11.7. The third kappa shape index (κ3) is 2.85. The van der Waals surface area contributed by atoms with Crippen LogP contribution in [0.1, 0.15) is 41.6 Å². The van der Waals surface area contributed by atoms with Crippen LogP contribution in [0.4, 0.5) is 0 Å². The van der Waals surface area contributed by atoms with Crippen molar-refractivity contribution in [1.29, 1.82) is 5.26 Å². The van der Waals surface area contributed by atoms with Crippen LogP contribution in [0.2, 0.25) is 0 Å². The summed E-state index contributed by atoms with van der Waals surface area (Å²) in [6.45, 7) is 0. The lowest BCUT2D eigenvalue weighted by Gasteiger charge is -2.12. The van der Waals surface area contributed by atoms with Crippen molar-refractivity contribution in [3.05, 3.63) is 35.4 Å². The molecule has 0 saturated heterocycles. The number of ether oxygens (including phenoxy) is 1. The first-order chi connectivity index (χ1) is 8.31. The number of hydrogen-bond acceptors (Lipinski definition) is 3. The number of hydrogen-bond donors (Lipinski definition) is 0. The van der Waals surface area contributed by atoms with Crippen LogP contribution in [0.25, 0.3) is 0 Å². The van der Waals surface area contributed by atoms with E-state index in [0.29, 0.717) is 5.56 Å². The smallest absolute Gasteiger partial charge is 0.338 e. The van der Waals surface area contributed by atoms with E-state index in [0.717, 1.165) is 31.2 Å². The summed E-state index contributed by atoms with van der Waals surface area (Å²) in [5, 5.41) is 8.71. The van der Waals surface area contributed by atoms with Crippen LogP contribution in [-0.2, 0) is 11.2 Å². The van der Waals surface area contributed by atoms with E-state index < -0.39 is 0 Å². The fraction of sp³-hybridized carbons (Fsp3) is 0.429. The minimum Gasteiger partial charge on any atom is -0.459 e. The summed E-state index contributed by atoms with van der Waals surface area (Å²) in [6.07, 6.45) is 4.52. The number of carbonyl (C=O) groups excluding carboxylic acids is 1. The number of nitrogens with zero attached hydrogens (tertiary/aromatic N) is 1. The summed E-state index contributed by atoms with van der Waals surface area (Å²) in [5.74, 6) is -0.289. The van der Waals surface area contributed by atoms with Crippen molar-refractivity contribution in [2.24, 2.45) is 0 Å². The van der Waals surface area contributed by atoms with Gasteiger partial charge in [0, 0.05) is 0 Å². The van der Waals surface area contributed by atoms with Crippen molar-refractivity contribution in [3.8, 4) is 6.07 Å². The highest BCUT2D eigenvalue weighted by atomic mass is 16.5. The van der Waals surface area contributed by atoms with Gasteiger partial charge < -0.3 is 4.74 Å². The Hall–Kier alpha value is -1.82. The van der Waals surface area contributed by atoms with Crippen molar-refractivity contribution in [2.45, 2.75) is 38.2 Å². The summed E-state index contributed by atoms with van der Waals surface area (Å²) < 4.78 is 5.44. The Labute approximate surface area is 101 Å². The first-order valence-corrected chi connectivity index (χ1v) is 5.97. The van der Waals surface area contributed by atoms with Gasteiger partial charge in [-0.2, -0.15) is 5.26 Å². The monoisotopic (exact) mass is 229 g/mol. The molecule has 3 heteroatoms. The molecule has 0 atom stereocenters. The van der Waals surface area contributed by atoms with Crippen molar-refractivity contribution in [2.75, 3.05) is 0 Å². The molecule has 0 spiro atoms. The van der Waals surface area contributed by atoms with Crippen LogP contribution in [0.15, 0.2) is 24.3 Å². The molecule has 0 N–H and O–H groups in total. The average molecular weight is 229 g/mol. The van der Waals surface area contributed by atoms with Gasteiger partial charge in [-0.25, -0.2) is 4.79 Å². The quantitative estimate of drug-likeness (QED) is 0.749. The third-order valence-electron chi connectivity index (χ3n) is 3.08. The molecule has 0 amide bonds. The first-order valence-electron chi connectivity index (χ1n) is 5.97. The predicted molar refractivity (Wildman–Crippen MR) is 63.4 cm³/mol. The minimum absolute atomic E-state index is 0.0673. The average Bonchev–Trinajstić information content (AvgIpc) is 2.83. The van der Waals surface area contributed by atoms with Gasteiger partial charge in [0.25, 0.3) is 0 Å². The topological polar surface area (TPSA) is 50.1 Å². The van der Waals surface area contributed by atoms with Crippen LogP contribution in [0, 0.1) is 11.3 Å². The second-order valence-electron chi connectivity index (χ2n) is 4.30. The molecule has 0 bridgehead atoms. The third-order valence-corrected chi connectivity index (χ3v) is 3.08. The molecule has 0 aliphatic heterocycles. The normalized spacial score (nSPS) is 15.5. The predicted octanol–water partition coefficient (Wildman–Crippen LogP) is 2.85. The Morgan fingerprint density at radius 2 is 2.06 bits per heavy atom. The molecule has 0 radical (unpaired) electrons. The number of benzene rings is 1. The molecule has 88 valence electrons. The van der Waals surface area contributed by atoms with Gasteiger partial charge in [-0.1, -0.05) is 18.2 Å². The number of carbonyl (C=O) groups is 1. The molecule has 1 aliphatic rings. The van der Waals surface area contributed by atoms with Crippen molar-refractivity contribution < 1.29 is 9.53 Å². The van der Waals surface area contributed by atoms with Crippen LogP contribution in [0.5, 0.6) is 0 Å². The lowest BCUT2D eigenvalue weighted by Crippen LogP contribution is -2.16. The number of nitriles is 1. The Morgan fingerprint density at radius 1 is 1.35 bits per heavy atom. The second kappa shape index (κ2) is 5.49. The van der Waals surface area contributed by atoms with E-state index in [1.54, 1.807) is 18.2 Å². The maximum Gasteiger partial charge on any atom is 0.338 e. The molecule has 2 rings (SSSR count). The summed E-state index contributed by atoms with van der Waals surface area (Å²) in [6, 6.07) is 9.22. The zero-order valence-electron chi connectivity index (χ0n) is 9.69. The van der Waals surface area contributed by atoms with Crippen LogP contribution in [-0.4, -0.2) is 12.1 Å². The van der Waals surface area contributed by atoms with Crippen molar-refractivity contribution in [1.82, 2.24) is 0 Å². The Balaban J connectivity index is 2.10. The lowest BCUT2D eigenvalue weighted by molar-refractivity contribution is 0.0317. The maximum atomic E-state index is 12.0. The molecular formula is C14H15NO2. The van der Waals surface area contributed by atoms with E-state index in [-0.39, 0.29) is 18.5 Å². The SMILES string of the molecule is N#CCc1ccccc1C(=O)OC1CCCC1. The van der Waals surface area contributed by atoms with Gasteiger partial charge in [0.15, 0.2) is 0 Å². The fourth-order valence-electron chi connectivity index (χ4n) is 2.18. The zero-order chi connectivity index (χ0) is 12.1. The highest BCUT2D eigenvalue weighted by Gasteiger charge is 2.21. The van der Waals surface area contributed by atoms with Gasteiger partial charge in [0.2, 0.25) is 0 Å². The van der Waals surface area contributed by atoms with Crippen molar-refractivity contribution >= 4 is 5.97 Å². The second-order valence-corrected chi connectivity index (χ2v) is 4.30. The Bertz CT molecular complexity index is 442. The number of esters is 1. The van der Waals surface area contributed by atoms with E-state index in [4.69, 9.17) is 10.00 Å². The van der Waals surface area contributed by atoms with Crippen LogP contribution in [0.3, 0.4) is 0 Å². The van der Waals surface area contributed by atoms with Crippen LogP contribution >= 0.6 is 0 Å². The molecule has 1 fully saturated rings. The molecule has 3 nitrogen and oxygen atoms in total. The molecule has 0 heterocycles. The van der Waals surface area contributed by atoms with Gasteiger partial charge >= 0.3 is 5.97 Å². The lowest BCUT2D eigenvalue weighted by atomic mass is 10.1. The van der Waals surface area contributed by atoms with Crippen molar-refractivity contribution in [3.63, 3.8) is 0 Å². The van der Waals surface area contributed by atoms with Gasteiger partial charge in [-0.15, -0.1) is 0 Å². The van der Waals surface area contributed by atoms with Gasteiger partial charge in [-0.05, 0) is 37.3 Å². The standard InChI is InChI=1S/C14H15NO2/c15-10-9-11-5-1-4-8-13(11)14(16)17-12-6-2-3-7-12/h1,4-5,8,12H,2-3,6-7,9H2. The summed E-state index contributed by atoms with van der Waals surface area (Å²) >= 11 is 0. The summed E-state index contributed by atoms with van der Waals surface area (Å²) in [4.78, 5) is 12.0. The Kier molecular flexibility index (Phi) is 3.77. The van der Waals surface area contributed by atoms with Crippen LogP contribution < -0.4 is 0 Å². The molecule has 0 unspecified atom stereocenters. The van der Waals surface area contributed by atoms with Gasteiger partial charge in [-0.3, -0.25) is 0 Å². The maximum absolute atomic E-state index is 12.0. The highest BCUT2D eigenvalue weighted by molar-refractivity contribution is 5.91. The number of rotatable bonds is 3. The van der Waals surface area contributed by atoms with E-state index in [1.807, 2.05) is 6.07 Å². The molecule has 1 aromatic rings. The summed E-state index contributed by atoms with van der Waals surface area (Å²) in [5.41, 5.74) is 1.28. The van der Waals surface area contributed by atoms with E-state index in [1.165, 1.54) is 0 Å². The Morgan fingerprint density at radius 3 is 2.76 bits per heavy atom. The summed E-state index contributed by atoms with van der Waals surface area (Å²) in [7, 11) is 0. The molecule has 1 saturated carbocycles.